The summed E-state index contributed by atoms with van der Waals surface area (Å²) in [7, 11) is 0. The van der Waals surface area contributed by atoms with E-state index in [0.717, 1.165) is 17.8 Å². The second-order valence-electron chi connectivity index (χ2n) is 4.26. The Morgan fingerprint density at radius 2 is 2.16 bits per heavy atom. The first-order chi connectivity index (χ1) is 9.16. The molecule has 19 heavy (non-hydrogen) atoms. The maximum atomic E-state index is 10.8. The van der Waals surface area contributed by atoms with Gasteiger partial charge in [-0.1, -0.05) is 12.1 Å². The van der Waals surface area contributed by atoms with Gasteiger partial charge in [-0.3, -0.25) is 15.1 Å². The van der Waals surface area contributed by atoms with Gasteiger partial charge in [-0.25, -0.2) is 0 Å². The predicted octanol–water partition coefficient (Wildman–Crippen LogP) is 2.95. The molecule has 5 heteroatoms. The number of rotatable bonds is 5. The van der Waals surface area contributed by atoms with Gasteiger partial charge in [0.1, 0.15) is 0 Å². The Morgan fingerprint density at radius 1 is 1.32 bits per heavy atom. The van der Waals surface area contributed by atoms with Crippen LogP contribution in [0.25, 0.3) is 0 Å². The van der Waals surface area contributed by atoms with E-state index in [1.165, 1.54) is 0 Å². The first-order valence-electron chi connectivity index (χ1n) is 6.05. The highest BCUT2D eigenvalue weighted by Crippen LogP contribution is 2.22. The Labute approximate surface area is 111 Å². The predicted molar refractivity (Wildman–Crippen MR) is 74.3 cm³/mol. The number of nitro groups is 1. The molecule has 0 bridgehead atoms. The summed E-state index contributed by atoms with van der Waals surface area (Å²) in [5.74, 6) is 0. The molecule has 2 aromatic rings. The lowest BCUT2D eigenvalue weighted by Crippen LogP contribution is -2.06. The lowest BCUT2D eigenvalue weighted by Gasteiger charge is -2.06. The number of nitrogens with zero attached hydrogens (tertiary/aromatic N) is 2. The Balaban J connectivity index is 1.97. The topological polar surface area (TPSA) is 68.1 Å². The normalized spacial score (nSPS) is 10.2. The van der Waals surface area contributed by atoms with Gasteiger partial charge in [0.15, 0.2) is 0 Å². The molecular weight excluding hydrogens is 242 g/mol. The van der Waals surface area contributed by atoms with Crippen molar-refractivity contribution >= 4 is 11.4 Å². The number of aryl methyl sites for hydroxylation is 1. The number of hydrogen-bond donors (Lipinski definition) is 1. The van der Waals surface area contributed by atoms with E-state index in [4.69, 9.17) is 0 Å². The SMILES string of the molecule is Cc1ccc(NCCc2ccccn2)cc1[N+](=O)[O-]. The number of nitro benzene ring substituents is 1. The lowest BCUT2D eigenvalue weighted by atomic mass is 10.2. The largest absolute Gasteiger partial charge is 0.384 e. The van der Waals surface area contributed by atoms with Crippen molar-refractivity contribution < 1.29 is 4.92 Å². The highest BCUT2D eigenvalue weighted by atomic mass is 16.6. The molecule has 0 fully saturated rings. The fraction of sp³-hybridized carbons (Fsp3) is 0.214. The number of pyridine rings is 1. The second kappa shape index (κ2) is 5.95. The fourth-order valence-corrected chi connectivity index (χ4v) is 1.80. The van der Waals surface area contributed by atoms with Crippen molar-refractivity contribution in [3.63, 3.8) is 0 Å². The van der Waals surface area contributed by atoms with E-state index in [-0.39, 0.29) is 10.6 Å². The first-order valence-corrected chi connectivity index (χ1v) is 6.05. The van der Waals surface area contributed by atoms with Gasteiger partial charge in [-0.15, -0.1) is 0 Å². The molecule has 0 aliphatic carbocycles. The zero-order valence-corrected chi connectivity index (χ0v) is 10.7. The van der Waals surface area contributed by atoms with Gasteiger partial charge in [0.2, 0.25) is 0 Å². The van der Waals surface area contributed by atoms with Gasteiger partial charge in [-0.2, -0.15) is 0 Å². The molecule has 0 aliphatic rings. The van der Waals surface area contributed by atoms with Crippen LogP contribution in [0.3, 0.4) is 0 Å². The highest BCUT2D eigenvalue weighted by Gasteiger charge is 2.10. The monoisotopic (exact) mass is 257 g/mol. The molecule has 0 atom stereocenters. The molecule has 0 saturated heterocycles. The van der Waals surface area contributed by atoms with Crippen molar-refractivity contribution in [2.45, 2.75) is 13.3 Å². The van der Waals surface area contributed by atoms with E-state index in [9.17, 15) is 10.1 Å². The fourth-order valence-electron chi connectivity index (χ4n) is 1.80. The number of hydrogen-bond acceptors (Lipinski definition) is 4. The Morgan fingerprint density at radius 3 is 2.84 bits per heavy atom. The van der Waals surface area contributed by atoms with Crippen LogP contribution in [0.15, 0.2) is 42.6 Å². The zero-order chi connectivity index (χ0) is 13.7. The van der Waals surface area contributed by atoms with Crippen LogP contribution < -0.4 is 5.32 Å². The van der Waals surface area contributed by atoms with Gasteiger partial charge in [0, 0.05) is 42.2 Å². The summed E-state index contributed by atoms with van der Waals surface area (Å²) in [6, 6.07) is 10.9. The smallest absolute Gasteiger partial charge is 0.274 e. The minimum atomic E-state index is -0.362. The summed E-state index contributed by atoms with van der Waals surface area (Å²) in [4.78, 5) is 14.7. The number of nitrogens with one attached hydrogen (secondary N) is 1. The third-order valence-electron chi connectivity index (χ3n) is 2.84. The minimum absolute atomic E-state index is 0.142. The van der Waals surface area contributed by atoms with E-state index in [0.29, 0.717) is 12.1 Å². The van der Waals surface area contributed by atoms with Crippen LogP contribution >= 0.6 is 0 Å². The van der Waals surface area contributed by atoms with E-state index >= 15 is 0 Å². The van der Waals surface area contributed by atoms with Gasteiger partial charge >= 0.3 is 0 Å². The average Bonchev–Trinajstić information content (AvgIpc) is 2.41. The van der Waals surface area contributed by atoms with E-state index in [1.54, 1.807) is 25.3 Å². The first kappa shape index (κ1) is 13.0. The van der Waals surface area contributed by atoms with Gasteiger partial charge < -0.3 is 5.32 Å². The average molecular weight is 257 g/mol. The molecular formula is C14H15N3O2. The van der Waals surface area contributed by atoms with Crippen molar-refractivity contribution in [2.24, 2.45) is 0 Å². The van der Waals surface area contributed by atoms with Crippen molar-refractivity contribution in [1.29, 1.82) is 0 Å². The molecule has 1 N–H and O–H groups in total. The molecule has 1 aromatic heterocycles. The van der Waals surface area contributed by atoms with Crippen LogP contribution in [-0.4, -0.2) is 16.5 Å². The van der Waals surface area contributed by atoms with Crippen LogP contribution in [0.4, 0.5) is 11.4 Å². The third-order valence-corrected chi connectivity index (χ3v) is 2.84. The standard InChI is InChI=1S/C14H15N3O2/c1-11-5-6-13(10-14(11)17(18)19)16-9-7-12-4-2-3-8-15-12/h2-6,8,10,16H,7,9H2,1H3. The summed E-state index contributed by atoms with van der Waals surface area (Å²) >= 11 is 0. The van der Waals surface area contributed by atoms with Crippen LogP contribution in [-0.2, 0) is 6.42 Å². The van der Waals surface area contributed by atoms with Gasteiger partial charge in [-0.05, 0) is 25.1 Å². The number of anilines is 1. The number of aromatic nitrogens is 1. The molecule has 0 aliphatic heterocycles. The molecule has 0 radical (unpaired) electrons. The molecule has 1 heterocycles. The summed E-state index contributed by atoms with van der Waals surface area (Å²) < 4.78 is 0. The Hall–Kier alpha value is -2.43. The lowest BCUT2D eigenvalue weighted by molar-refractivity contribution is -0.385. The molecule has 5 nitrogen and oxygen atoms in total. The van der Waals surface area contributed by atoms with Crippen LogP contribution in [0.1, 0.15) is 11.3 Å². The van der Waals surface area contributed by atoms with Crippen LogP contribution in [0.5, 0.6) is 0 Å². The van der Waals surface area contributed by atoms with E-state index in [1.807, 2.05) is 24.3 Å². The second-order valence-corrected chi connectivity index (χ2v) is 4.26. The molecule has 0 saturated carbocycles. The minimum Gasteiger partial charge on any atom is -0.384 e. The summed E-state index contributed by atoms with van der Waals surface area (Å²) in [5.41, 5.74) is 2.56. The molecule has 0 amide bonds. The summed E-state index contributed by atoms with van der Waals surface area (Å²) in [5, 5.41) is 14.0. The van der Waals surface area contributed by atoms with Crippen LogP contribution in [0.2, 0.25) is 0 Å². The quantitative estimate of drug-likeness (QED) is 0.660. The molecule has 1 aromatic carbocycles. The van der Waals surface area contributed by atoms with E-state index < -0.39 is 0 Å². The molecule has 98 valence electrons. The van der Waals surface area contributed by atoms with Crippen molar-refractivity contribution in [3.05, 3.63) is 64.0 Å². The van der Waals surface area contributed by atoms with Crippen molar-refractivity contribution in [2.75, 3.05) is 11.9 Å². The molecule has 2 rings (SSSR count). The van der Waals surface area contributed by atoms with E-state index in [2.05, 4.69) is 10.3 Å². The maximum absolute atomic E-state index is 10.8. The zero-order valence-electron chi connectivity index (χ0n) is 10.7. The Bertz CT molecular complexity index is 570. The van der Waals surface area contributed by atoms with Gasteiger partial charge in [0.25, 0.3) is 5.69 Å². The highest BCUT2D eigenvalue weighted by molar-refractivity contribution is 5.54. The van der Waals surface area contributed by atoms with Gasteiger partial charge in [0.05, 0.1) is 4.92 Å². The van der Waals surface area contributed by atoms with Crippen molar-refractivity contribution in [1.82, 2.24) is 4.98 Å². The summed E-state index contributed by atoms with van der Waals surface area (Å²) in [6.45, 7) is 2.42. The Kier molecular flexibility index (Phi) is 4.07. The third kappa shape index (κ3) is 3.51. The number of benzene rings is 1. The maximum Gasteiger partial charge on any atom is 0.274 e. The molecule has 0 unspecified atom stereocenters. The van der Waals surface area contributed by atoms with Crippen molar-refractivity contribution in [3.8, 4) is 0 Å². The molecule has 0 spiro atoms. The van der Waals surface area contributed by atoms with Crippen LogP contribution in [0, 0.1) is 17.0 Å². The summed E-state index contributed by atoms with van der Waals surface area (Å²) in [6.07, 6.45) is 2.54.